The average Bonchev–Trinajstić information content (AvgIpc) is 2.65. The highest BCUT2D eigenvalue weighted by molar-refractivity contribution is 6.31. The molecule has 2 heterocycles. The SMILES string of the molecule is O=C(COc1coc(CN2CCCCC2)cc1=O)Nc1ccc(F)c(Cl)c1. The third kappa shape index (κ3) is 5.55. The van der Waals surface area contributed by atoms with Gasteiger partial charge in [0.25, 0.3) is 5.91 Å². The van der Waals surface area contributed by atoms with Crippen LogP contribution in [-0.2, 0) is 11.3 Å². The van der Waals surface area contributed by atoms with Gasteiger partial charge in [0, 0.05) is 11.8 Å². The van der Waals surface area contributed by atoms with Gasteiger partial charge >= 0.3 is 0 Å². The molecule has 1 aromatic heterocycles. The van der Waals surface area contributed by atoms with Crippen molar-refractivity contribution < 1.29 is 18.3 Å². The zero-order valence-electron chi connectivity index (χ0n) is 14.7. The topological polar surface area (TPSA) is 71.8 Å². The Kier molecular flexibility index (Phi) is 6.47. The van der Waals surface area contributed by atoms with Crippen molar-refractivity contribution in [3.63, 3.8) is 0 Å². The van der Waals surface area contributed by atoms with Gasteiger partial charge in [-0.3, -0.25) is 14.5 Å². The Balaban J connectivity index is 1.53. The Morgan fingerprint density at radius 2 is 2.04 bits per heavy atom. The van der Waals surface area contributed by atoms with E-state index in [2.05, 4.69) is 10.2 Å². The van der Waals surface area contributed by atoms with Gasteiger partial charge in [0.1, 0.15) is 17.8 Å². The Bertz CT molecular complexity index is 865. The molecule has 1 fully saturated rings. The number of carbonyl (C=O) groups is 1. The number of nitrogens with one attached hydrogen (secondary N) is 1. The molecule has 1 aliphatic heterocycles. The third-order valence-corrected chi connectivity index (χ3v) is 4.53. The van der Waals surface area contributed by atoms with E-state index in [9.17, 15) is 14.0 Å². The number of amides is 1. The molecule has 2 aromatic rings. The van der Waals surface area contributed by atoms with Crippen molar-refractivity contribution in [3.8, 4) is 5.75 Å². The Hall–Kier alpha value is -2.38. The number of halogens is 2. The monoisotopic (exact) mass is 394 g/mol. The maximum absolute atomic E-state index is 13.1. The lowest BCUT2D eigenvalue weighted by Crippen LogP contribution is -2.29. The number of carbonyl (C=O) groups excluding carboxylic acids is 1. The fourth-order valence-corrected chi connectivity index (χ4v) is 3.06. The lowest BCUT2D eigenvalue weighted by atomic mass is 10.1. The van der Waals surface area contributed by atoms with E-state index in [1.54, 1.807) is 0 Å². The summed E-state index contributed by atoms with van der Waals surface area (Å²) in [6.45, 7) is 2.19. The number of nitrogens with zero attached hydrogens (tertiary/aromatic N) is 1. The normalized spacial score (nSPS) is 14.7. The number of hydrogen-bond acceptors (Lipinski definition) is 5. The molecule has 0 aliphatic carbocycles. The summed E-state index contributed by atoms with van der Waals surface area (Å²) < 4.78 is 23.8. The van der Waals surface area contributed by atoms with Gasteiger partial charge in [0.15, 0.2) is 6.61 Å². The first-order valence-electron chi connectivity index (χ1n) is 8.73. The second-order valence-corrected chi connectivity index (χ2v) is 6.78. The highest BCUT2D eigenvalue weighted by Gasteiger charge is 2.14. The van der Waals surface area contributed by atoms with Crippen LogP contribution >= 0.6 is 11.6 Å². The highest BCUT2D eigenvalue weighted by atomic mass is 35.5. The van der Waals surface area contributed by atoms with E-state index in [1.165, 1.54) is 30.9 Å². The third-order valence-electron chi connectivity index (χ3n) is 4.24. The molecule has 0 unspecified atom stereocenters. The minimum absolute atomic E-state index is 0.0373. The summed E-state index contributed by atoms with van der Waals surface area (Å²) >= 11 is 5.66. The van der Waals surface area contributed by atoms with E-state index in [4.69, 9.17) is 20.8 Å². The molecule has 1 saturated heterocycles. The van der Waals surface area contributed by atoms with Crippen molar-refractivity contribution in [2.45, 2.75) is 25.8 Å². The van der Waals surface area contributed by atoms with Crippen molar-refractivity contribution in [3.05, 3.63) is 57.4 Å². The van der Waals surface area contributed by atoms with Gasteiger partial charge < -0.3 is 14.5 Å². The van der Waals surface area contributed by atoms with Gasteiger partial charge in [-0.05, 0) is 44.1 Å². The zero-order chi connectivity index (χ0) is 19.2. The van der Waals surface area contributed by atoms with Crippen LogP contribution in [0.2, 0.25) is 5.02 Å². The Morgan fingerprint density at radius 1 is 1.26 bits per heavy atom. The van der Waals surface area contributed by atoms with E-state index < -0.39 is 11.7 Å². The summed E-state index contributed by atoms with van der Waals surface area (Å²) in [6, 6.07) is 5.21. The smallest absolute Gasteiger partial charge is 0.262 e. The number of hydrogen-bond donors (Lipinski definition) is 1. The van der Waals surface area contributed by atoms with E-state index in [0.717, 1.165) is 32.0 Å². The molecule has 0 saturated carbocycles. The van der Waals surface area contributed by atoms with Crippen LogP contribution in [0.1, 0.15) is 25.0 Å². The second-order valence-electron chi connectivity index (χ2n) is 6.38. The zero-order valence-corrected chi connectivity index (χ0v) is 15.4. The first-order chi connectivity index (χ1) is 13.0. The van der Waals surface area contributed by atoms with Crippen molar-refractivity contribution in [1.29, 1.82) is 0 Å². The average molecular weight is 395 g/mol. The summed E-state index contributed by atoms with van der Waals surface area (Å²) in [5, 5.41) is 2.41. The molecular formula is C19H20ClFN2O4. The summed E-state index contributed by atoms with van der Waals surface area (Å²) in [4.78, 5) is 26.3. The van der Waals surface area contributed by atoms with Crippen LogP contribution in [0.25, 0.3) is 0 Å². The van der Waals surface area contributed by atoms with Crippen molar-refractivity contribution in [2.75, 3.05) is 25.0 Å². The van der Waals surface area contributed by atoms with Crippen LogP contribution in [0, 0.1) is 5.82 Å². The molecule has 1 aromatic carbocycles. The minimum Gasteiger partial charge on any atom is -0.477 e. The maximum atomic E-state index is 13.1. The number of benzene rings is 1. The van der Waals surface area contributed by atoms with Crippen molar-refractivity contribution in [1.82, 2.24) is 4.90 Å². The molecule has 1 N–H and O–H groups in total. The molecule has 8 heteroatoms. The predicted molar refractivity (Wildman–Crippen MR) is 99.6 cm³/mol. The summed E-state index contributed by atoms with van der Waals surface area (Å²) in [5.74, 6) is -0.549. The van der Waals surface area contributed by atoms with Crippen LogP contribution in [0.15, 0.2) is 39.7 Å². The van der Waals surface area contributed by atoms with E-state index >= 15 is 0 Å². The maximum Gasteiger partial charge on any atom is 0.262 e. The van der Waals surface area contributed by atoms with E-state index in [0.29, 0.717) is 18.0 Å². The van der Waals surface area contributed by atoms with Gasteiger partial charge in [-0.25, -0.2) is 4.39 Å². The Morgan fingerprint density at radius 3 is 2.74 bits per heavy atom. The quantitative estimate of drug-likeness (QED) is 0.812. The molecule has 0 radical (unpaired) electrons. The lowest BCUT2D eigenvalue weighted by molar-refractivity contribution is -0.118. The standard InChI is InChI=1S/C19H20ClFN2O4/c20-15-8-13(4-5-16(15)21)22-19(25)12-27-18-11-26-14(9-17(18)24)10-23-6-2-1-3-7-23/h4-5,8-9,11H,1-3,6-7,10,12H2,(H,22,25). The largest absolute Gasteiger partial charge is 0.477 e. The lowest BCUT2D eigenvalue weighted by Gasteiger charge is -2.25. The van der Waals surface area contributed by atoms with Gasteiger partial charge in [0.2, 0.25) is 11.2 Å². The second kappa shape index (κ2) is 9.01. The molecule has 3 rings (SSSR count). The van der Waals surface area contributed by atoms with Gasteiger partial charge in [-0.15, -0.1) is 0 Å². The number of rotatable bonds is 6. The number of ether oxygens (including phenoxy) is 1. The minimum atomic E-state index is -0.576. The first-order valence-corrected chi connectivity index (χ1v) is 9.11. The molecule has 6 nitrogen and oxygen atoms in total. The van der Waals surface area contributed by atoms with Crippen LogP contribution in [0.4, 0.5) is 10.1 Å². The molecule has 0 atom stereocenters. The van der Waals surface area contributed by atoms with Gasteiger partial charge in [-0.1, -0.05) is 18.0 Å². The summed E-state index contributed by atoms with van der Waals surface area (Å²) in [5.41, 5.74) is -0.00944. The van der Waals surface area contributed by atoms with Crippen LogP contribution in [0.5, 0.6) is 5.75 Å². The van der Waals surface area contributed by atoms with E-state index in [1.807, 2.05) is 0 Å². The van der Waals surface area contributed by atoms with Crippen LogP contribution in [0.3, 0.4) is 0 Å². The first kappa shape index (κ1) is 19.4. The molecule has 27 heavy (non-hydrogen) atoms. The fourth-order valence-electron chi connectivity index (χ4n) is 2.88. The van der Waals surface area contributed by atoms with Crippen molar-refractivity contribution in [2.24, 2.45) is 0 Å². The molecule has 144 valence electrons. The van der Waals surface area contributed by atoms with Crippen LogP contribution < -0.4 is 15.5 Å². The van der Waals surface area contributed by atoms with Gasteiger partial charge in [-0.2, -0.15) is 0 Å². The predicted octanol–water partition coefficient (Wildman–Crippen LogP) is 3.44. The molecule has 0 spiro atoms. The fraction of sp³-hybridized carbons (Fsp3) is 0.368. The molecule has 1 aliphatic rings. The number of likely N-dealkylation sites (tertiary alicyclic amines) is 1. The number of anilines is 1. The molecular weight excluding hydrogens is 375 g/mol. The Labute approximate surface area is 160 Å². The van der Waals surface area contributed by atoms with Crippen LogP contribution in [-0.4, -0.2) is 30.5 Å². The molecule has 1 amide bonds. The van der Waals surface area contributed by atoms with E-state index in [-0.39, 0.29) is 22.8 Å². The van der Waals surface area contributed by atoms with Crippen molar-refractivity contribution >= 4 is 23.2 Å². The molecule has 0 bridgehead atoms. The van der Waals surface area contributed by atoms with Gasteiger partial charge in [0.05, 0.1) is 11.6 Å². The highest BCUT2D eigenvalue weighted by Crippen LogP contribution is 2.19. The summed E-state index contributed by atoms with van der Waals surface area (Å²) in [6.07, 6.45) is 4.77. The number of piperidine rings is 1. The summed E-state index contributed by atoms with van der Waals surface area (Å²) in [7, 11) is 0.